The standard InChI is InChI=1S/C14H12BrCl2NS/c1-18-8-9-2-3-10(15)6-14(9)19-11-4-5-12(16)13(17)7-11/h2-7,18H,8H2,1H3. The molecule has 0 atom stereocenters. The maximum absolute atomic E-state index is 6.05. The molecule has 0 fully saturated rings. The first kappa shape index (κ1) is 15.2. The second kappa shape index (κ2) is 7.00. The van der Waals surface area contributed by atoms with Crippen molar-refractivity contribution in [3.05, 3.63) is 56.5 Å². The Kier molecular flexibility index (Phi) is 5.60. The summed E-state index contributed by atoms with van der Waals surface area (Å²) in [6.45, 7) is 0.830. The summed E-state index contributed by atoms with van der Waals surface area (Å²) >= 11 is 17.2. The van der Waals surface area contributed by atoms with Crippen LogP contribution in [0.3, 0.4) is 0 Å². The van der Waals surface area contributed by atoms with Crippen LogP contribution in [0.4, 0.5) is 0 Å². The maximum Gasteiger partial charge on any atom is 0.0603 e. The van der Waals surface area contributed by atoms with Crippen LogP contribution in [0.5, 0.6) is 0 Å². The zero-order chi connectivity index (χ0) is 13.8. The van der Waals surface area contributed by atoms with E-state index in [9.17, 15) is 0 Å². The Morgan fingerprint density at radius 1 is 1.11 bits per heavy atom. The largest absolute Gasteiger partial charge is 0.316 e. The summed E-state index contributed by atoms with van der Waals surface area (Å²) in [7, 11) is 1.94. The molecule has 2 aromatic carbocycles. The molecule has 0 aliphatic carbocycles. The van der Waals surface area contributed by atoms with Crippen molar-refractivity contribution >= 4 is 50.9 Å². The number of hydrogen-bond donors (Lipinski definition) is 1. The van der Waals surface area contributed by atoms with E-state index in [4.69, 9.17) is 23.2 Å². The quantitative estimate of drug-likeness (QED) is 0.742. The number of nitrogens with one attached hydrogen (secondary N) is 1. The molecule has 2 rings (SSSR count). The Labute approximate surface area is 135 Å². The molecule has 5 heteroatoms. The first-order valence-electron chi connectivity index (χ1n) is 5.66. The molecule has 1 nitrogen and oxygen atoms in total. The van der Waals surface area contributed by atoms with E-state index in [1.54, 1.807) is 11.8 Å². The molecule has 0 spiro atoms. The summed E-state index contributed by atoms with van der Waals surface area (Å²) < 4.78 is 1.06. The number of hydrogen-bond acceptors (Lipinski definition) is 2. The first-order valence-corrected chi connectivity index (χ1v) is 8.02. The van der Waals surface area contributed by atoms with Crippen LogP contribution >= 0.6 is 50.9 Å². The van der Waals surface area contributed by atoms with Gasteiger partial charge in [-0.2, -0.15) is 0 Å². The Morgan fingerprint density at radius 3 is 2.58 bits per heavy atom. The summed E-state index contributed by atoms with van der Waals surface area (Å²) in [6.07, 6.45) is 0. The second-order valence-electron chi connectivity index (χ2n) is 3.96. The smallest absolute Gasteiger partial charge is 0.0603 e. The Balaban J connectivity index is 2.30. The van der Waals surface area contributed by atoms with Gasteiger partial charge in [-0.15, -0.1) is 0 Å². The minimum Gasteiger partial charge on any atom is -0.316 e. The molecule has 0 aromatic heterocycles. The molecular weight excluding hydrogens is 365 g/mol. The molecule has 0 bridgehead atoms. The normalized spacial score (nSPS) is 10.7. The third kappa shape index (κ3) is 4.14. The van der Waals surface area contributed by atoms with Crippen molar-refractivity contribution in [1.29, 1.82) is 0 Å². The van der Waals surface area contributed by atoms with Crippen LogP contribution < -0.4 is 5.32 Å². The van der Waals surface area contributed by atoms with Gasteiger partial charge in [-0.3, -0.25) is 0 Å². The highest BCUT2D eigenvalue weighted by atomic mass is 79.9. The Morgan fingerprint density at radius 2 is 1.89 bits per heavy atom. The highest BCUT2D eigenvalue weighted by Crippen LogP contribution is 2.35. The van der Waals surface area contributed by atoms with Crippen LogP contribution in [0.2, 0.25) is 10.0 Å². The van der Waals surface area contributed by atoms with E-state index in [-0.39, 0.29) is 0 Å². The molecule has 0 aliphatic rings. The highest BCUT2D eigenvalue weighted by molar-refractivity contribution is 9.10. The van der Waals surface area contributed by atoms with Gasteiger partial charge in [0.25, 0.3) is 0 Å². The summed E-state index contributed by atoms with van der Waals surface area (Å²) in [5, 5.41) is 4.33. The minimum absolute atomic E-state index is 0.579. The van der Waals surface area contributed by atoms with Crippen molar-refractivity contribution in [3.8, 4) is 0 Å². The van der Waals surface area contributed by atoms with Crippen LogP contribution in [0.25, 0.3) is 0 Å². The molecule has 0 heterocycles. The average Bonchev–Trinajstić information content (AvgIpc) is 2.37. The third-order valence-corrected chi connectivity index (χ3v) is 4.84. The molecule has 19 heavy (non-hydrogen) atoms. The van der Waals surface area contributed by atoms with Gasteiger partial charge in [-0.05, 0) is 42.9 Å². The van der Waals surface area contributed by atoms with Crippen molar-refractivity contribution in [1.82, 2.24) is 5.32 Å². The topological polar surface area (TPSA) is 12.0 Å². The average molecular weight is 377 g/mol. The zero-order valence-corrected chi connectivity index (χ0v) is 14.1. The number of benzene rings is 2. The highest BCUT2D eigenvalue weighted by Gasteiger charge is 2.07. The fourth-order valence-electron chi connectivity index (χ4n) is 1.63. The van der Waals surface area contributed by atoms with Gasteiger partial charge in [0.15, 0.2) is 0 Å². The SMILES string of the molecule is CNCc1ccc(Br)cc1Sc1ccc(Cl)c(Cl)c1. The van der Waals surface area contributed by atoms with Crippen molar-refractivity contribution in [3.63, 3.8) is 0 Å². The minimum atomic E-state index is 0.579. The van der Waals surface area contributed by atoms with Crippen LogP contribution in [0.15, 0.2) is 50.7 Å². The van der Waals surface area contributed by atoms with Gasteiger partial charge in [0.1, 0.15) is 0 Å². The predicted octanol–water partition coefficient (Wildman–Crippen LogP) is 5.63. The van der Waals surface area contributed by atoms with Crippen molar-refractivity contribution < 1.29 is 0 Å². The van der Waals surface area contributed by atoms with E-state index in [0.29, 0.717) is 10.0 Å². The predicted molar refractivity (Wildman–Crippen MR) is 87.5 cm³/mol. The summed E-state index contributed by atoms with van der Waals surface area (Å²) in [5.41, 5.74) is 1.25. The van der Waals surface area contributed by atoms with Crippen LogP contribution in [0, 0.1) is 0 Å². The molecule has 0 unspecified atom stereocenters. The molecule has 100 valence electrons. The van der Waals surface area contributed by atoms with E-state index < -0.39 is 0 Å². The second-order valence-corrected chi connectivity index (χ2v) is 6.81. The van der Waals surface area contributed by atoms with Gasteiger partial charge in [0.2, 0.25) is 0 Å². The molecule has 1 N–H and O–H groups in total. The Hall–Kier alpha value is -0.190. The lowest BCUT2D eigenvalue weighted by Crippen LogP contribution is -2.05. The molecule has 0 amide bonds. The fourth-order valence-corrected chi connectivity index (χ4v) is 3.53. The van der Waals surface area contributed by atoms with Crippen molar-refractivity contribution in [2.45, 2.75) is 16.3 Å². The van der Waals surface area contributed by atoms with Gasteiger partial charge >= 0.3 is 0 Å². The summed E-state index contributed by atoms with van der Waals surface area (Å²) in [4.78, 5) is 2.27. The lowest BCUT2D eigenvalue weighted by atomic mass is 10.2. The fraction of sp³-hybridized carbons (Fsp3) is 0.143. The first-order chi connectivity index (χ1) is 9.10. The molecule has 2 aromatic rings. The van der Waals surface area contributed by atoms with Crippen LogP contribution in [0.1, 0.15) is 5.56 Å². The Bertz CT molecular complexity index is 590. The van der Waals surface area contributed by atoms with Gasteiger partial charge in [-0.1, -0.05) is 57.0 Å². The molecule has 0 radical (unpaired) electrons. The van der Waals surface area contributed by atoms with E-state index in [1.165, 1.54) is 10.5 Å². The number of rotatable bonds is 4. The summed E-state index contributed by atoms with van der Waals surface area (Å²) in [6, 6.07) is 12.0. The molecule has 0 aliphatic heterocycles. The van der Waals surface area contributed by atoms with E-state index in [0.717, 1.165) is 15.9 Å². The van der Waals surface area contributed by atoms with Gasteiger partial charge in [0.05, 0.1) is 10.0 Å². The van der Waals surface area contributed by atoms with E-state index >= 15 is 0 Å². The lowest BCUT2D eigenvalue weighted by Gasteiger charge is -2.10. The summed E-state index contributed by atoms with van der Waals surface area (Å²) in [5.74, 6) is 0. The monoisotopic (exact) mass is 375 g/mol. The van der Waals surface area contributed by atoms with Crippen molar-refractivity contribution in [2.75, 3.05) is 7.05 Å². The van der Waals surface area contributed by atoms with Gasteiger partial charge in [-0.25, -0.2) is 0 Å². The van der Waals surface area contributed by atoms with Crippen LogP contribution in [-0.4, -0.2) is 7.05 Å². The zero-order valence-electron chi connectivity index (χ0n) is 10.2. The van der Waals surface area contributed by atoms with Crippen molar-refractivity contribution in [2.24, 2.45) is 0 Å². The molecular formula is C14H12BrCl2NS. The van der Waals surface area contributed by atoms with Crippen LogP contribution in [-0.2, 0) is 6.54 Å². The molecule has 0 saturated carbocycles. The number of halogens is 3. The van der Waals surface area contributed by atoms with Gasteiger partial charge < -0.3 is 5.32 Å². The maximum atomic E-state index is 6.05. The lowest BCUT2D eigenvalue weighted by molar-refractivity contribution is 0.803. The third-order valence-electron chi connectivity index (χ3n) is 2.52. The van der Waals surface area contributed by atoms with E-state index in [2.05, 4.69) is 33.4 Å². The molecule has 0 saturated heterocycles. The van der Waals surface area contributed by atoms with E-state index in [1.807, 2.05) is 31.3 Å². The van der Waals surface area contributed by atoms with Gasteiger partial charge in [0, 0.05) is 20.8 Å².